The van der Waals surface area contributed by atoms with Crippen molar-refractivity contribution in [2.45, 2.75) is 13.8 Å². The smallest absolute Gasteiger partial charge is 0.336 e. The molecule has 0 fully saturated rings. The van der Waals surface area contributed by atoms with Crippen molar-refractivity contribution in [2.75, 3.05) is 11.9 Å². The zero-order chi connectivity index (χ0) is 26.4. The standard InChI is InChI=1S/C28H28N4O4/c1-4-17-5-11-21(23(13-17)27(34)32-20-9-6-18(7-10-20)25(29)30)22-12-8-19(14-24(22)28(35)36)26(33)31-15-16(2)3/h4-14,16H,1,15H2,2-3H3,(H3,29,30)(H,31,33)(H,32,34)(H,35,36). The van der Waals surface area contributed by atoms with Crippen LogP contribution < -0.4 is 16.4 Å². The van der Waals surface area contributed by atoms with E-state index in [1.165, 1.54) is 12.1 Å². The Labute approximate surface area is 209 Å². The molecule has 0 bridgehead atoms. The number of aromatic carboxylic acids is 1. The van der Waals surface area contributed by atoms with Crippen molar-refractivity contribution in [3.8, 4) is 11.1 Å². The molecule has 0 radical (unpaired) electrons. The van der Waals surface area contributed by atoms with E-state index in [0.717, 1.165) is 0 Å². The number of amidine groups is 1. The second kappa shape index (κ2) is 11.1. The van der Waals surface area contributed by atoms with Gasteiger partial charge in [0.2, 0.25) is 0 Å². The van der Waals surface area contributed by atoms with Crippen molar-refractivity contribution in [1.82, 2.24) is 5.32 Å². The Kier molecular flexibility index (Phi) is 8.01. The van der Waals surface area contributed by atoms with Crippen LogP contribution in [0.5, 0.6) is 0 Å². The van der Waals surface area contributed by atoms with Crippen LogP contribution in [0.4, 0.5) is 5.69 Å². The molecule has 2 amide bonds. The highest BCUT2D eigenvalue weighted by atomic mass is 16.4. The van der Waals surface area contributed by atoms with Crippen LogP contribution in [-0.2, 0) is 0 Å². The molecule has 0 heterocycles. The Bertz CT molecular complexity index is 1340. The minimum absolute atomic E-state index is 0.0867. The Morgan fingerprint density at radius 1 is 0.944 bits per heavy atom. The number of anilines is 1. The van der Waals surface area contributed by atoms with Crippen LogP contribution in [0.1, 0.15) is 56.0 Å². The van der Waals surface area contributed by atoms with Crippen molar-refractivity contribution in [3.05, 3.63) is 95.1 Å². The highest BCUT2D eigenvalue weighted by molar-refractivity contribution is 6.11. The maximum atomic E-state index is 13.3. The molecule has 0 aliphatic rings. The van der Waals surface area contributed by atoms with Crippen LogP contribution in [-0.4, -0.2) is 35.3 Å². The summed E-state index contributed by atoms with van der Waals surface area (Å²) in [4.78, 5) is 37.9. The van der Waals surface area contributed by atoms with Crippen LogP contribution in [0.25, 0.3) is 17.2 Å². The van der Waals surface area contributed by atoms with Gasteiger partial charge in [0.1, 0.15) is 5.84 Å². The van der Waals surface area contributed by atoms with E-state index < -0.39 is 11.9 Å². The normalized spacial score (nSPS) is 10.5. The molecule has 8 heteroatoms. The zero-order valence-corrected chi connectivity index (χ0v) is 20.1. The molecule has 0 aromatic heterocycles. The molecule has 0 atom stereocenters. The molecule has 0 saturated carbocycles. The topological polar surface area (TPSA) is 145 Å². The van der Waals surface area contributed by atoms with E-state index in [1.807, 2.05) is 13.8 Å². The van der Waals surface area contributed by atoms with Gasteiger partial charge in [0.25, 0.3) is 11.8 Å². The van der Waals surface area contributed by atoms with E-state index in [2.05, 4.69) is 17.2 Å². The van der Waals surface area contributed by atoms with Crippen molar-refractivity contribution in [3.63, 3.8) is 0 Å². The summed E-state index contributed by atoms with van der Waals surface area (Å²) < 4.78 is 0. The summed E-state index contributed by atoms with van der Waals surface area (Å²) in [6.07, 6.45) is 1.59. The lowest BCUT2D eigenvalue weighted by Crippen LogP contribution is -2.27. The summed E-state index contributed by atoms with van der Waals surface area (Å²) in [5.41, 5.74) is 8.22. The molecule has 36 heavy (non-hydrogen) atoms. The Morgan fingerprint density at radius 2 is 1.56 bits per heavy atom. The van der Waals surface area contributed by atoms with Crippen LogP contribution >= 0.6 is 0 Å². The minimum atomic E-state index is -1.22. The second-order valence-corrected chi connectivity index (χ2v) is 8.62. The van der Waals surface area contributed by atoms with Gasteiger partial charge >= 0.3 is 5.97 Å². The summed E-state index contributed by atoms with van der Waals surface area (Å²) in [6.45, 7) is 8.13. The van der Waals surface area contributed by atoms with Gasteiger partial charge in [-0.05, 0) is 65.1 Å². The lowest BCUT2D eigenvalue weighted by Gasteiger charge is -2.15. The predicted octanol–water partition coefficient (Wildman–Crippen LogP) is 4.62. The number of nitrogen functional groups attached to an aromatic ring is 1. The Morgan fingerprint density at radius 3 is 2.14 bits per heavy atom. The summed E-state index contributed by atoms with van der Waals surface area (Å²) >= 11 is 0. The predicted molar refractivity (Wildman–Crippen MR) is 142 cm³/mol. The van der Waals surface area contributed by atoms with Gasteiger partial charge in [0.15, 0.2) is 0 Å². The fourth-order valence-electron chi connectivity index (χ4n) is 3.54. The number of benzene rings is 3. The average molecular weight is 485 g/mol. The van der Waals surface area contributed by atoms with Crippen molar-refractivity contribution in [2.24, 2.45) is 11.7 Å². The van der Waals surface area contributed by atoms with Crippen LogP contribution in [0.3, 0.4) is 0 Å². The van der Waals surface area contributed by atoms with E-state index in [0.29, 0.717) is 34.5 Å². The maximum Gasteiger partial charge on any atom is 0.336 e. The largest absolute Gasteiger partial charge is 0.478 e. The minimum Gasteiger partial charge on any atom is -0.478 e. The Balaban J connectivity index is 2.03. The van der Waals surface area contributed by atoms with E-state index in [1.54, 1.807) is 54.6 Å². The van der Waals surface area contributed by atoms with Gasteiger partial charge in [-0.15, -0.1) is 0 Å². The molecule has 6 N–H and O–H groups in total. The number of hydrogen-bond acceptors (Lipinski definition) is 4. The third kappa shape index (κ3) is 6.04. The molecule has 8 nitrogen and oxygen atoms in total. The summed E-state index contributed by atoms with van der Waals surface area (Å²) in [7, 11) is 0. The number of carbonyl (C=O) groups excluding carboxylic acids is 2. The van der Waals surface area contributed by atoms with Gasteiger partial charge in [0, 0.05) is 28.9 Å². The summed E-state index contributed by atoms with van der Waals surface area (Å²) in [5, 5.41) is 23.0. The Hall–Kier alpha value is -4.72. The molecule has 0 saturated heterocycles. The quantitative estimate of drug-likeness (QED) is 0.222. The first kappa shape index (κ1) is 25.9. The van der Waals surface area contributed by atoms with Crippen LogP contribution in [0.2, 0.25) is 0 Å². The monoisotopic (exact) mass is 484 g/mol. The molecule has 0 spiro atoms. The van der Waals surface area contributed by atoms with E-state index >= 15 is 0 Å². The van der Waals surface area contributed by atoms with Crippen molar-refractivity contribution in [1.29, 1.82) is 5.41 Å². The number of carboxylic acids is 1. The summed E-state index contributed by atoms with van der Waals surface area (Å²) in [5.74, 6) is -1.89. The molecule has 3 aromatic rings. The number of hydrogen-bond donors (Lipinski definition) is 5. The fraction of sp³-hybridized carbons (Fsp3) is 0.143. The van der Waals surface area contributed by atoms with Gasteiger partial charge in [-0.25, -0.2) is 4.79 Å². The summed E-state index contributed by atoms with van der Waals surface area (Å²) in [6, 6.07) is 15.9. The fourth-order valence-corrected chi connectivity index (χ4v) is 3.54. The molecular formula is C28H28N4O4. The van der Waals surface area contributed by atoms with Crippen LogP contribution in [0, 0.1) is 11.3 Å². The molecule has 3 rings (SSSR count). The van der Waals surface area contributed by atoms with E-state index in [4.69, 9.17) is 11.1 Å². The molecule has 0 aliphatic heterocycles. The van der Waals surface area contributed by atoms with Crippen LogP contribution in [0.15, 0.2) is 67.2 Å². The molecule has 3 aromatic carbocycles. The van der Waals surface area contributed by atoms with Gasteiger partial charge in [0.05, 0.1) is 5.56 Å². The van der Waals surface area contributed by atoms with Gasteiger partial charge in [-0.1, -0.05) is 44.7 Å². The number of amides is 2. The third-order valence-corrected chi connectivity index (χ3v) is 5.45. The van der Waals surface area contributed by atoms with E-state index in [-0.39, 0.29) is 34.4 Å². The number of nitrogens with two attached hydrogens (primary N) is 1. The van der Waals surface area contributed by atoms with Crippen molar-refractivity contribution >= 4 is 35.4 Å². The lowest BCUT2D eigenvalue weighted by atomic mass is 9.92. The van der Waals surface area contributed by atoms with Gasteiger partial charge < -0.3 is 21.5 Å². The number of nitrogens with one attached hydrogen (secondary N) is 3. The second-order valence-electron chi connectivity index (χ2n) is 8.62. The number of rotatable bonds is 9. The lowest BCUT2D eigenvalue weighted by molar-refractivity contribution is 0.0697. The first-order valence-electron chi connectivity index (χ1n) is 11.3. The SMILES string of the molecule is C=Cc1ccc(-c2ccc(C(=O)NCC(C)C)cc2C(=O)O)c(C(=O)Nc2ccc(C(=N)N)cc2)c1. The van der Waals surface area contributed by atoms with Crippen molar-refractivity contribution < 1.29 is 19.5 Å². The molecule has 0 aliphatic carbocycles. The average Bonchev–Trinajstić information content (AvgIpc) is 2.86. The molecule has 184 valence electrons. The van der Waals surface area contributed by atoms with Gasteiger partial charge in [-0.3, -0.25) is 15.0 Å². The number of carbonyl (C=O) groups is 3. The first-order valence-corrected chi connectivity index (χ1v) is 11.3. The highest BCUT2D eigenvalue weighted by Crippen LogP contribution is 2.30. The molecular weight excluding hydrogens is 456 g/mol. The third-order valence-electron chi connectivity index (χ3n) is 5.45. The van der Waals surface area contributed by atoms with Gasteiger partial charge in [-0.2, -0.15) is 0 Å². The van der Waals surface area contributed by atoms with E-state index in [9.17, 15) is 19.5 Å². The first-order chi connectivity index (χ1) is 17.1. The highest BCUT2D eigenvalue weighted by Gasteiger charge is 2.21. The molecule has 0 unspecified atom stereocenters. The zero-order valence-electron chi connectivity index (χ0n) is 20.1. The number of carboxylic acid groups (broad SMARTS) is 1. The maximum absolute atomic E-state index is 13.3.